The van der Waals surface area contributed by atoms with Crippen LogP contribution in [-0.4, -0.2) is 46.9 Å². The van der Waals surface area contributed by atoms with Crippen LogP contribution in [0.5, 0.6) is 0 Å². The minimum atomic E-state index is -3.69. The number of aliphatic hydroxyl groups is 1. The van der Waals surface area contributed by atoms with Gasteiger partial charge in [-0.25, -0.2) is 8.42 Å². The van der Waals surface area contributed by atoms with Gasteiger partial charge in [0.1, 0.15) is 4.90 Å². The molecule has 1 atom stereocenters. The van der Waals surface area contributed by atoms with Crippen molar-refractivity contribution >= 4 is 15.8 Å². The highest BCUT2D eigenvalue weighted by Gasteiger charge is 2.35. The van der Waals surface area contributed by atoms with E-state index in [1.807, 2.05) is 0 Å². The van der Waals surface area contributed by atoms with Crippen LogP contribution in [-0.2, 0) is 10.0 Å². The molecule has 21 heavy (non-hydrogen) atoms. The lowest BCUT2D eigenvalue weighted by Crippen LogP contribution is -2.35. The number of rotatable bonds is 6. The van der Waals surface area contributed by atoms with Crippen LogP contribution in [0.4, 0.5) is 5.82 Å². The summed E-state index contributed by atoms with van der Waals surface area (Å²) in [6, 6.07) is 2.17. The maximum Gasteiger partial charge on any atom is 0.363 e. The highest BCUT2D eigenvalue weighted by Crippen LogP contribution is 2.28. The van der Waals surface area contributed by atoms with E-state index >= 15 is 0 Å². The molecular formula is C12H17N3O5S. The van der Waals surface area contributed by atoms with Crippen LogP contribution in [0.2, 0.25) is 0 Å². The molecule has 0 spiro atoms. The van der Waals surface area contributed by atoms with E-state index in [1.54, 1.807) is 0 Å². The van der Waals surface area contributed by atoms with Gasteiger partial charge < -0.3 is 15.2 Å². The van der Waals surface area contributed by atoms with Crippen LogP contribution in [0.1, 0.15) is 25.7 Å². The zero-order valence-corrected chi connectivity index (χ0v) is 12.2. The van der Waals surface area contributed by atoms with Gasteiger partial charge >= 0.3 is 5.82 Å². The molecule has 116 valence electrons. The van der Waals surface area contributed by atoms with Crippen molar-refractivity contribution < 1.29 is 18.4 Å². The summed E-state index contributed by atoms with van der Waals surface area (Å²) in [6.07, 6.45) is 3.72. The molecule has 1 unspecified atom stereocenters. The van der Waals surface area contributed by atoms with Crippen LogP contribution in [0.15, 0.2) is 23.2 Å². The average molecular weight is 315 g/mol. The predicted molar refractivity (Wildman–Crippen MR) is 74.1 cm³/mol. The van der Waals surface area contributed by atoms with Gasteiger partial charge in [0, 0.05) is 25.3 Å². The van der Waals surface area contributed by atoms with E-state index in [1.165, 1.54) is 10.4 Å². The van der Waals surface area contributed by atoms with E-state index in [0.29, 0.717) is 19.4 Å². The topological polar surface area (TPSA) is 114 Å². The highest BCUT2D eigenvalue weighted by atomic mass is 32.2. The minimum absolute atomic E-state index is 0.0312. The molecule has 9 heteroatoms. The minimum Gasteiger partial charge on any atom is -0.396 e. The number of aliphatic hydroxyl groups excluding tert-OH is 1. The fraction of sp³-hybridized carbons (Fsp3) is 0.583. The molecule has 8 nitrogen and oxygen atoms in total. The molecule has 0 aromatic carbocycles. The van der Waals surface area contributed by atoms with Crippen LogP contribution in [0.25, 0.3) is 0 Å². The molecule has 0 amide bonds. The molecule has 0 saturated carbocycles. The quantitative estimate of drug-likeness (QED) is 0.616. The van der Waals surface area contributed by atoms with Crippen molar-refractivity contribution in [3.63, 3.8) is 0 Å². The Bertz CT molecular complexity index is 602. The van der Waals surface area contributed by atoms with Gasteiger partial charge in [-0.15, -0.1) is 0 Å². The monoisotopic (exact) mass is 315 g/mol. The number of nitro groups is 1. The summed E-state index contributed by atoms with van der Waals surface area (Å²) in [5.41, 5.74) is 0. The van der Waals surface area contributed by atoms with Crippen LogP contribution in [0, 0.1) is 10.1 Å². The summed E-state index contributed by atoms with van der Waals surface area (Å²) >= 11 is 0. The first-order valence-corrected chi connectivity index (χ1v) is 8.14. The zero-order valence-electron chi connectivity index (χ0n) is 11.4. The Morgan fingerprint density at radius 2 is 2.24 bits per heavy atom. The molecule has 1 saturated heterocycles. The zero-order chi connectivity index (χ0) is 15.5. The Balaban J connectivity index is 2.22. The van der Waals surface area contributed by atoms with Gasteiger partial charge in [0.25, 0.3) is 0 Å². The molecule has 1 aromatic heterocycles. The molecule has 0 radical (unpaired) electrons. The number of hydrogen-bond donors (Lipinski definition) is 1. The second-order valence-corrected chi connectivity index (χ2v) is 6.78. The Morgan fingerprint density at radius 3 is 2.81 bits per heavy atom. The first-order valence-electron chi connectivity index (χ1n) is 6.70. The fourth-order valence-corrected chi connectivity index (χ4v) is 4.18. The number of pyridine rings is 1. The van der Waals surface area contributed by atoms with Gasteiger partial charge in [-0.1, -0.05) is 0 Å². The molecule has 1 N–H and O–H groups in total. The lowest BCUT2D eigenvalue weighted by molar-refractivity contribution is -0.389. The van der Waals surface area contributed by atoms with Gasteiger partial charge in [-0.05, 0) is 41.7 Å². The molecule has 1 aliphatic heterocycles. The smallest absolute Gasteiger partial charge is 0.363 e. The van der Waals surface area contributed by atoms with Crippen molar-refractivity contribution in [3.05, 3.63) is 28.4 Å². The Labute approximate surface area is 122 Å². The van der Waals surface area contributed by atoms with E-state index in [-0.39, 0.29) is 23.4 Å². The van der Waals surface area contributed by atoms with E-state index in [4.69, 9.17) is 5.11 Å². The van der Waals surface area contributed by atoms with Crippen molar-refractivity contribution in [1.29, 1.82) is 0 Å². The third kappa shape index (κ3) is 3.36. The number of nitrogens with zero attached hydrogens (tertiary/aromatic N) is 3. The largest absolute Gasteiger partial charge is 0.396 e. The van der Waals surface area contributed by atoms with Crippen molar-refractivity contribution in [3.8, 4) is 0 Å². The third-order valence-electron chi connectivity index (χ3n) is 3.53. The van der Waals surface area contributed by atoms with E-state index in [2.05, 4.69) is 4.98 Å². The van der Waals surface area contributed by atoms with Gasteiger partial charge in [-0.3, -0.25) is 0 Å². The SMILES string of the molecule is O=[N+]([O-])c1ccc(S(=O)(=O)N2CCCC2CCCO)cn1. The molecule has 1 fully saturated rings. The second kappa shape index (κ2) is 6.46. The van der Waals surface area contributed by atoms with E-state index in [9.17, 15) is 18.5 Å². The Morgan fingerprint density at radius 1 is 1.48 bits per heavy atom. The van der Waals surface area contributed by atoms with Crippen molar-refractivity contribution in [1.82, 2.24) is 9.29 Å². The van der Waals surface area contributed by atoms with Gasteiger partial charge in [0.15, 0.2) is 6.20 Å². The van der Waals surface area contributed by atoms with Crippen molar-refractivity contribution in [2.75, 3.05) is 13.2 Å². The molecule has 0 bridgehead atoms. The van der Waals surface area contributed by atoms with Crippen LogP contribution in [0.3, 0.4) is 0 Å². The summed E-state index contributed by atoms with van der Waals surface area (Å²) in [5.74, 6) is -0.382. The van der Waals surface area contributed by atoms with Gasteiger partial charge in [0.2, 0.25) is 10.0 Å². The molecule has 0 aliphatic carbocycles. The third-order valence-corrected chi connectivity index (χ3v) is 5.47. The van der Waals surface area contributed by atoms with Gasteiger partial charge in [-0.2, -0.15) is 4.31 Å². The van der Waals surface area contributed by atoms with Crippen LogP contribution < -0.4 is 0 Å². The highest BCUT2D eigenvalue weighted by molar-refractivity contribution is 7.89. The standard InChI is InChI=1S/C12H17N3O5S/c16-8-2-4-10-3-1-7-14(10)21(19,20)11-5-6-12(13-9-11)15(17)18/h5-6,9-10,16H,1-4,7-8H2. The normalized spacial score (nSPS) is 19.8. The maximum atomic E-state index is 12.5. The summed E-state index contributed by atoms with van der Waals surface area (Å²) in [6.45, 7) is 0.457. The lowest BCUT2D eigenvalue weighted by Gasteiger charge is -2.23. The maximum absolute atomic E-state index is 12.5. The fourth-order valence-electron chi connectivity index (χ4n) is 2.51. The number of hydrogen-bond acceptors (Lipinski definition) is 6. The molecule has 1 aromatic rings. The van der Waals surface area contributed by atoms with E-state index < -0.39 is 14.9 Å². The number of aromatic nitrogens is 1. The molecule has 2 rings (SSSR count). The molecule has 2 heterocycles. The predicted octanol–water partition coefficient (Wildman–Crippen LogP) is 0.915. The Hall–Kier alpha value is -1.58. The summed E-state index contributed by atoms with van der Waals surface area (Å²) in [4.78, 5) is 13.4. The second-order valence-electron chi connectivity index (χ2n) is 4.89. The molecular weight excluding hydrogens is 298 g/mol. The van der Waals surface area contributed by atoms with Crippen molar-refractivity contribution in [2.24, 2.45) is 0 Å². The lowest BCUT2D eigenvalue weighted by atomic mass is 10.1. The van der Waals surface area contributed by atoms with Gasteiger partial charge in [0.05, 0.1) is 0 Å². The number of sulfonamides is 1. The van der Waals surface area contributed by atoms with Crippen LogP contribution >= 0.6 is 0 Å². The first kappa shape index (κ1) is 15.8. The average Bonchev–Trinajstić information content (AvgIpc) is 2.94. The van der Waals surface area contributed by atoms with Crippen molar-refractivity contribution in [2.45, 2.75) is 36.6 Å². The summed E-state index contributed by atoms with van der Waals surface area (Å²) in [7, 11) is -3.69. The Kier molecular flexibility index (Phi) is 4.86. The van der Waals surface area contributed by atoms with E-state index in [0.717, 1.165) is 25.1 Å². The molecule has 1 aliphatic rings. The first-order chi connectivity index (χ1) is 9.96. The summed E-state index contributed by atoms with van der Waals surface area (Å²) < 4.78 is 26.5. The summed E-state index contributed by atoms with van der Waals surface area (Å²) in [5, 5.41) is 19.4.